The molecule has 0 bridgehead atoms. The number of likely N-dealkylation sites (tertiary alicyclic amines) is 1. The van der Waals surface area contributed by atoms with Gasteiger partial charge < -0.3 is 14.5 Å². The summed E-state index contributed by atoms with van der Waals surface area (Å²) in [7, 11) is 1.63. The second kappa shape index (κ2) is 9.30. The summed E-state index contributed by atoms with van der Waals surface area (Å²) < 4.78 is 5.12. The lowest BCUT2D eigenvalue weighted by atomic mass is 10.2. The van der Waals surface area contributed by atoms with Crippen LogP contribution in [0.15, 0.2) is 30.3 Å². The summed E-state index contributed by atoms with van der Waals surface area (Å²) in [5, 5.41) is 0. The molecule has 1 heterocycles. The van der Waals surface area contributed by atoms with Crippen molar-refractivity contribution >= 4 is 11.8 Å². The molecular weight excluding hydrogens is 292 g/mol. The smallest absolute Gasteiger partial charge is 0.242 e. The Balaban J connectivity index is 1.99. The van der Waals surface area contributed by atoms with Crippen LogP contribution < -0.4 is 0 Å². The average Bonchev–Trinajstić information content (AvgIpc) is 2.77. The highest BCUT2D eigenvalue weighted by molar-refractivity contribution is 5.85. The van der Waals surface area contributed by atoms with E-state index in [4.69, 9.17) is 4.74 Å². The highest BCUT2D eigenvalue weighted by Gasteiger charge is 2.22. The molecule has 0 unspecified atom stereocenters. The third-order valence-electron chi connectivity index (χ3n) is 4.13. The Hall–Kier alpha value is -1.88. The molecule has 0 aromatic heterocycles. The third-order valence-corrected chi connectivity index (χ3v) is 4.13. The first kappa shape index (κ1) is 17.5. The lowest BCUT2D eigenvalue weighted by molar-refractivity contribution is -0.140. The second-order valence-corrected chi connectivity index (χ2v) is 5.92. The van der Waals surface area contributed by atoms with Gasteiger partial charge in [-0.05, 0) is 18.4 Å². The van der Waals surface area contributed by atoms with Crippen molar-refractivity contribution < 1.29 is 14.3 Å². The average molecular weight is 318 g/mol. The Morgan fingerprint density at radius 1 is 1.22 bits per heavy atom. The molecule has 23 heavy (non-hydrogen) atoms. The standard InChI is InChI=1S/C18H26N2O3/c1-23-13-12-20(14-16-8-4-2-5-9-16)18(22)15-19-11-7-3-6-10-17(19)21/h2,4-5,8-9H,3,6-7,10-15H2,1H3. The van der Waals surface area contributed by atoms with Crippen molar-refractivity contribution in [3.8, 4) is 0 Å². The molecule has 1 fully saturated rings. The number of methoxy groups -OCH3 is 1. The minimum Gasteiger partial charge on any atom is -0.383 e. The van der Waals surface area contributed by atoms with E-state index in [9.17, 15) is 9.59 Å². The molecule has 0 spiro atoms. The highest BCUT2D eigenvalue weighted by atomic mass is 16.5. The number of amides is 2. The van der Waals surface area contributed by atoms with Crippen LogP contribution in [-0.2, 0) is 20.9 Å². The summed E-state index contributed by atoms with van der Waals surface area (Å²) in [6, 6.07) is 9.90. The Kier molecular flexibility index (Phi) is 7.07. The first-order chi connectivity index (χ1) is 11.2. The molecule has 5 nitrogen and oxygen atoms in total. The first-order valence-corrected chi connectivity index (χ1v) is 8.29. The van der Waals surface area contributed by atoms with E-state index in [1.54, 1.807) is 16.9 Å². The summed E-state index contributed by atoms with van der Waals surface area (Å²) in [4.78, 5) is 28.2. The van der Waals surface area contributed by atoms with Gasteiger partial charge in [0.25, 0.3) is 0 Å². The fourth-order valence-corrected chi connectivity index (χ4v) is 2.77. The minimum absolute atomic E-state index is 0.0128. The fraction of sp³-hybridized carbons (Fsp3) is 0.556. The van der Waals surface area contributed by atoms with Crippen LogP contribution in [0.5, 0.6) is 0 Å². The zero-order chi connectivity index (χ0) is 16.5. The van der Waals surface area contributed by atoms with E-state index in [-0.39, 0.29) is 18.4 Å². The van der Waals surface area contributed by atoms with E-state index < -0.39 is 0 Å². The second-order valence-electron chi connectivity index (χ2n) is 5.92. The highest BCUT2D eigenvalue weighted by Crippen LogP contribution is 2.12. The van der Waals surface area contributed by atoms with Gasteiger partial charge >= 0.3 is 0 Å². The first-order valence-electron chi connectivity index (χ1n) is 8.29. The van der Waals surface area contributed by atoms with Gasteiger partial charge in [0.1, 0.15) is 0 Å². The molecule has 1 aromatic carbocycles. The molecule has 5 heteroatoms. The van der Waals surface area contributed by atoms with E-state index in [0.717, 1.165) is 24.8 Å². The molecule has 0 N–H and O–H groups in total. The van der Waals surface area contributed by atoms with E-state index in [2.05, 4.69) is 0 Å². The van der Waals surface area contributed by atoms with Crippen LogP contribution in [0.4, 0.5) is 0 Å². The van der Waals surface area contributed by atoms with Crippen LogP contribution in [0.2, 0.25) is 0 Å². The maximum atomic E-state index is 12.7. The number of benzene rings is 1. The van der Waals surface area contributed by atoms with Crippen LogP contribution in [0.3, 0.4) is 0 Å². The topological polar surface area (TPSA) is 49.9 Å². The number of hydrogen-bond acceptors (Lipinski definition) is 3. The van der Waals surface area contributed by atoms with Crippen molar-refractivity contribution in [1.82, 2.24) is 9.80 Å². The number of ether oxygens (including phenoxy) is 1. The summed E-state index contributed by atoms with van der Waals surface area (Å²) in [5.41, 5.74) is 1.08. The van der Waals surface area contributed by atoms with E-state index in [0.29, 0.717) is 32.7 Å². The van der Waals surface area contributed by atoms with Crippen LogP contribution >= 0.6 is 0 Å². The van der Waals surface area contributed by atoms with Crippen molar-refractivity contribution in [2.75, 3.05) is 33.4 Å². The van der Waals surface area contributed by atoms with Crippen molar-refractivity contribution in [3.05, 3.63) is 35.9 Å². The number of rotatable bonds is 7. The monoisotopic (exact) mass is 318 g/mol. The minimum atomic E-state index is -0.0128. The van der Waals surface area contributed by atoms with Crippen molar-refractivity contribution in [2.45, 2.75) is 32.2 Å². The maximum Gasteiger partial charge on any atom is 0.242 e. The molecule has 1 aromatic rings. The lowest BCUT2D eigenvalue weighted by Crippen LogP contribution is -2.43. The Labute approximate surface area is 138 Å². The SMILES string of the molecule is COCCN(Cc1ccccc1)C(=O)CN1CCCCCC1=O. The van der Waals surface area contributed by atoms with Gasteiger partial charge in [0.15, 0.2) is 0 Å². The normalized spacial score (nSPS) is 15.3. The van der Waals surface area contributed by atoms with Gasteiger partial charge in [-0.15, -0.1) is 0 Å². The fourth-order valence-electron chi connectivity index (χ4n) is 2.77. The third kappa shape index (κ3) is 5.67. The molecular formula is C18H26N2O3. The molecule has 1 aliphatic heterocycles. The lowest BCUT2D eigenvalue weighted by Gasteiger charge is -2.27. The molecule has 0 saturated carbocycles. The molecule has 0 aliphatic carbocycles. The van der Waals surface area contributed by atoms with Crippen molar-refractivity contribution in [3.63, 3.8) is 0 Å². The Morgan fingerprint density at radius 3 is 2.74 bits per heavy atom. The van der Waals surface area contributed by atoms with Crippen molar-refractivity contribution in [1.29, 1.82) is 0 Å². The van der Waals surface area contributed by atoms with E-state index >= 15 is 0 Å². The number of nitrogens with zero attached hydrogens (tertiary/aromatic N) is 2. The Morgan fingerprint density at radius 2 is 2.00 bits per heavy atom. The van der Waals surface area contributed by atoms with Crippen LogP contribution in [0.1, 0.15) is 31.2 Å². The molecule has 0 atom stereocenters. The summed E-state index contributed by atoms with van der Waals surface area (Å²) >= 11 is 0. The zero-order valence-electron chi connectivity index (χ0n) is 13.9. The van der Waals surface area contributed by atoms with Gasteiger partial charge in [-0.1, -0.05) is 36.8 Å². The van der Waals surface area contributed by atoms with Gasteiger partial charge in [0.2, 0.25) is 11.8 Å². The quantitative estimate of drug-likeness (QED) is 0.773. The van der Waals surface area contributed by atoms with Gasteiger partial charge in [0.05, 0.1) is 13.2 Å². The van der Waals surface area contributed by atoms with Crippen LogP contribution in [-0.4, -0.2) is 55.0 Å². The van der Waals surface area contributed by atoms with Gasteiger partial charge in [-0.2, -0.15) is 0 Å². The number of hydrogen-bond donors (Lipinski definition) is 0. The van der Waals surface area contributed by atoms with Gasteiger partial charge in [-0.3, -0.25) is 9.59 Å². The van der Waals surface area contributed by atoms with Crippen molar-refractivity contribution in [2.24, 2.45) is 0 Å². The van der Waals surface area contributed by atoms with E-state index in [1.807, 2.05) is 30.3 Å². The predicted molar refractivity (Wildman–Crippen MR) is 88.8 cm³/mol. The molecule has 2 amide bonds. The summed E-state index contributed by atoms with van der Waals surface area (Å²) in [5.74, 6) is 0.0865. The predicted octanol–water partition coefficient (Wildman–Crippen LogP) is 2.06. The zero-order valence-corrected chi connectivity index (χ0v) is 13.9. The summed E-state index contributed by atoms with van der Waals surface area (Å²) in [6.07, 6.45) is 3.54. The van der Waals surface area contributed by atoms with E-state index in [1.165, 1.54) is 0 Å². The largest absolute Gasteiger partial charge is 0.383 e. The number of carbonyl (C=O) groups excluding carboxylic acids is 2. The molecule has 1 aliphatic rings. The van der Waals surface area contributed by atoms with Gasteiger partial charge in [-0.25, -0.2) is 0 Å². The molecule has 126 valence electrons. The maximum absolute atomic E-state index is 12.7. The molecule has 0 radical (unpaired) electrons. The summed E-state index contributed by atoms with van der Waals surface area (Å²) in [6.45, 7) is 2.44. The van der Waals surface area contributed by atoms with Crippen LogP contribution in [0, 0.1) is 0 Å². The number of carbonyl (C=O) groups is 2. The molecule has 2 rings (SSSR count). The van der Waals surface area contributed by atoms with Gasteiger partial charge in [0, 0.05) is 33.2 Å². The Bertz CT molecular complexity index is 504. The molecule has 1 saturated heterocycles. The van der Waals surface area contributed by atoms with Crippen LogP contribution in [0.25, 0.3) is 0 Å².